The number of piperidine rings is 1. The number of hydrogen-bond donors (Lipinski definition) is 2. The SMILES string of the molecule is Cc1sc2c(c1NC(=O)NS(=O)(=O)N(c1cnn(C3CC3)c1F)C1CCCN(C)C1)CCC2. The minimum atomic E-state index is -4.39. The van der Waals surface area contributed by atoms with Crippen LogP contribution in [-0.2, 0) is 23.1 Å². The first-order valence-corrected chi connectivity index (χ1v) is 13.7. The summed E-state index contributed by atoms with van der Waals surface area (Å²) < 4.78 is 46.6. The van der Waals surface area contributed by atoms with Crippen molar-refractivity contribution in [2.45, 2.75) is 64.0 Å². The van der Waals surface area contributed by atoms with Crippen molar-refractivity contribution >= 4 is 39.0 Å². The number of hydrogen-bond acceptors (Lipinski definition) is 6. The molecular weight excluding hydrogens is 467 g/mol. The van der Waals surface area contributed by atoms with Gasteiger partial charge in [-0.3, -0.25) is 0 Å². The van der Waals surface area contributed by atoms with Gasteiger partial charge in [-0.05, 0) is 71.0 Å². The highest BCUT2D eigenvalue weighted by Crippen LogP contribution is 2.39. The van der Waals surface area contributed by atoms with Crippen molar-refractivity contribution in [3.8, 4) is 0 Å². The maximum Gasteiger partial charge on any atom is 0.334 e. The summed E-state index contributed by atoms with van der Waals surface area (Å²) in [6.07, 6.45) is 7.13. The Balaban J connectivity index is 1.42. The van der Waals surface area contributed by atoms with E-state index < -0.39 is 28.2 Å². The molecule has 2 amide bonds. The number of carbonyl (C=O) groups is 1. The van der Waals surface area contributed by atoms with E-state index in [0.29, 0.717) is 18.7 Å². The van der Waals surface area contributed by atoms with Crippen LogP contribution in [0.4, 0.5) is 20.6 Å². The molecule has 3 aliphatic rings. The van der Waals surface area contributed by atoms with Crippen molar-refractivity contribution in [2.24, 2.45) is 0 Å². The second kappa shape index (κ2) is 8.55. The Morgan fingerprint density at radius 2 is 2.06 bits per heavy atom. The topological polar surface area (TPSA) is 99.6 Å². The number of likely N-dealkylation sites (N-methyl/N-ethyl adjacent to an activating group) is 1. The number of aryl methyl sites for hydroxylation is 2. The predicted molar refractivity (Wildman–Crippen MR) is 126 cm³/mol. The zero-order valence-corrected chi connectivity index (χ0v) is 20.4. The van der Waals surface area contributed by atoms with Gasteiger partial charge >= 0.3 is 16.2 Å². The Labute approximate surface area is 197 Å². The molecule has 0 aromatic carbocycles. The third-order valence-corrected chi connectivity index (χ3v) is 9.26. The number of carbonyl (C=O) groups excluding carboxylic acids is 1. The van der Waals surface area contributed by atoms with Crippen LogP contribution in [-0.4, -0.2) is 55.3 Å². The molecular formula is C21H29FN6O3S2. The van der Waals surface area contributed by atoms with E-state index in [0.717, 1.165) is 59.8 Å². The van der Waals surface area contributed by atoms with E-state index in [1.54, 1.807) is 11.3 Å². The first-order chi connectivity index (χ1) is 15.7. The average molecular weight is 497 g/mol. The van der Waals surface area contributed by atoms with Gasteiger partial charge in [0.2, 0.25) is 5.95 Å². The largest absolute Gasteiger partial charge is 0.334 e. The van der Waals surface area contributed by atoms with Gasteiger partial charge in [0.05, 0.1) is 24.0 Å². The Kier molecular flexibility index (Phi) is 5.86. The van der Waals surface area contributed by atoms with Crippen LogP contribution in [0.2, 0.25) is 0 Å². The molecule has 1 saturated carbocycles. The highest BCUT2D eigenvalue weighted by molar-refractivity contribution is 7.91. The highest BCUT2D eigenvalue weighted by atomic mass is 32.2. The smallest absolute Gasteiger partial charge is 0.306 e. The average Bonchev–Trinajstić information content (AvgIpc) is 3.27. The Hall–Kier alpha value is -2.18. The summed E-state index contributed by atoms with van der Waals surface area (Å²) in [6, 6.07) is -1.38. The molecule has 1 aliphatic heterocycles. The maximum atomic E-state index is 15.3. The van der Waals surface area contributed by atoms with Crippen molar-refractivity contribution in [3.63, 3.8) is 0 Å². The van der Waals surface area contributed by atoms with E-state index in [9.17, 15) is 13.2 Å². The minimum absolute atomic E-state index is 0.0303. The van der Waals surface area contributed by atoms with Crippen LogP contribution < -0.4 is 14.3 Å². The minimum Gasteiger partial charge on any atom is -0.306 e. The van der Waals surface area contributed by atoms with Crippen molar-refractivity contribution in [1.82, 2.24) is 19.4 Å². The lowest BCUT2D eigenvalue weighted by Crippen LogP contribution is -2.54. The third kappa shape index (κ3) is 4.35. The van der Waals surface area contributed by atoms with Gasteiger partial charge in [0.15, 0.2) is 0 Å². The fraction of sp³-hybridized carbons (Fsp3) is 0.619. The summed E-state index contributed by atoms with van der Waals surface area (Å²) in [7, 11) is -2.48. The highest BCUT2D eigenvalue weighted by Gasteiger charge is 2.39. The number of thiophene rings is 1. The van der Waals surface area contributed by atoms with E-state index in [4.69, 9.17) is 0 Å². The zero-order valence-electron chi connectivity index (χ0n) is 18.8. The number of urea groups is 1. The number of amides is 2. The van der Waals surface area contributed by atoms with E-state index >= 15 is 4.39 Å². The van der Waals surface area contributed by atoms with E-state index in [1.807, 2.05) is 18.9 Å². The number of likely N-dealkylation sites (tertiary alicyclic amines) is 1. The van der Waals surface area contributed by atoms with Gasteiger partial charge < -0.3 is 10.2 Å². The van der Waals surface area contributed by atoms with Crippen LogP contribution in [0.1, 0.15) is 53.5 Å². The molecule has 180 valence electrons. The molecule has 1 saturated heterocycles. The van der Waals surface area contributed by atoms with E-state index in [1.165, 1.54) is 15.8 Å². The number of halogens is 1. The Bertz CT molecular complexity index is 1170. The molecule has 0 radical (unpaired) electrons. The molecule has 1 unspecified atom stereocenters. The van der Waals surface area contributed by atoms with Gasteiger partial charge in [-0.1, -0.05) is 0 Å². The lowest BCUT2D eigenvalue weighted by molar-refractivity contribution is 0.251. The first kappa shape index (κ1) is 22.6. The van der Waals surface area contributed by atoms with Gasteiger partial charge in [0.1, 0.15) is 5.69 Å². The summed E-state index contributed by atoms with van der Waals surface area (Å²) in [5.74, 6) is -0.678. The van der Waals surface area contributed by atoms with Crippen LogP contribution in [0, 0.1) is 12.9 Å². The molecule has 5 rings (SSSR count). The van der Waals surface area contributed by atoms with Crippen molar-refractivity contribution in [2.75, 3.05) is 29.8 Å². The first-order valence-electron chi connectivity index (χ1n) is 11.4. The molecule has 2 N–H and O–H groups in total. The fourth-order valence-corrected chi connectivity index (χ4v) is 7.47. The lowest BCUT2D eigenvalue weighted by Gasteiger charge is -2.37. The molecule has 2 aliphatic carbocycles. The summed E-state index contributed by atoms with van der Waals surface area (Å²) in [4.78, 5) is 17.0. The van der Waals surface area contributed by atoms with Gasteiger partial charge in [0.25, 0.3) is 0 Å². The second-order valence-corrected chi connectivity index (χ2v) is 12.1. The van der Waals surface area contributed by atoms with Crippen LogP contribution >= 0.6 is 11.3 Å². The molecule has 2 fully saturated rings. The molecule has 12 heteroatoms. The lowest BCUT2D eigenvalue weighted by atomic mass is 10.1. The normalized spacial score (nSPS) is 21.1. The number of aromatic nitrogens is 2. The molecule has 0 spiro atoms. The molecule has 0 bridgehead atoms. The van der Waals surface area contributed by atoms with Crippen LogP contribution in [0.3, 0.4) is 0 Å². The van der Waals surface area contributed by atoms with Crippen molar-refractivity contribution in [1.29, 1.82) is 0 Å². The van der Waals surface area contributed by atoms with Gasteiger partial charge in [0, 0.05) is 16.3 Å². The van der Waals surface area contributed by atoms with Gasteiger partial charge in [-0.25, -0.2) is 18.5 Å². The Morgan fingerprint density at radius 3 is 2.79 bits per heavy atom. The summed E-state index contributed by atoms with van der Waals surface area (Å²) in [5.41, 5.74) is 1.67. The quantitative estimate of drug-likeness (QED) is 0.640. The van der Waals surface area contributed by atoms with Crippen molar-refractivity contribution < 1.29 is 17.6 Å². The summed E-state index contributed by atoms with van der Waals surface area (Å²) in [5, 5.41) is 6.85. The molecule has 3 heterocycles. The second-order valence-electron chi connectivity index (χ2n) is 9.20. The number of fused-ring (bicyclic) bond motifs is 1. The summed E-state index contributed by atoms with van der Waals surface area (Å²) >= 11 is 1.63. The Morgan fingerprint density at radius 1 is 1.27 bits per heavy atom. The third-order valence-electron chi connectivity index (χ3n) is 6.59. The summed E-state index contributed by atoms with van der Waals surface area (Å²) in [6.45, 7) is 3.19. The van der Waals surface area contributed by atoms with Crippen LogP contribution in [0.5, 0.6) is 0 Å². The fourth-order valence-electron chi connectivity index (χ4n) is 4.92. The van der Waals surface area contributed by atoms with Gasteiger partial charge in [-0.15, -0.1) is 11.3 Å². The monoisotopic (exact) mass is 496 g/mol. The molecule has 33 heavy (non-hydrogen) atoms. The van der Waals surface area contributed by atoms with E-state index in [2.05, 4.69) is 15.1 Å². The maximum absolute atomic E-state index is 15.3. The number of nitrogens with zero attached hydrogens (tertiary/aromatic N) is 4. The van der Waals surface area contributed by atoms with E-state index in [-0.39, 0.29) is 11.7 Å². The van der Waals surface area contributed by atoms with Crippen LogP contribution in [0.15, 0.2) is 6.20 Å². The molecule has 2 aromatic rings. The predicted octanol–water partition coefficient (Wildman–Crippen LogP) is 3.18. The van der Waals surface area contributed by atoms with Crippen LogP contribution in [0.25, 0.3) is 0 Å². The number of rotatable bonds is 6. The number of nitrogens with one attached hydrogen (secondary N) is 2. The number of anilines is 2. The molecule has 2 aromatic heterocycles. The van der Waals surface area contributed by atoms with Crippen molar-refractivity contribution in [3.05, 3.63) is 27.5 Å². The zero-order chi connectivity index (χ0) is 23.3. The van der Waals surface area contributed by atoms with Gasteiger partial charge in [-0.2, -0.15) is 17.9 Å². The standard InChI is InChI=1S/C21H29FN6O3S2/c1-13-19(16-6-3-7-18(16)32-13)24-21(29)25-33(30,31)28(15-5-4-10-26(2)12-15)17-11-23-27(20(17)22)14-8-9-14/h11,14-15H,3-10,12H2,1-2H3,(H2,24,25,29). The molecule has 9 nitrogen and oxygen atoms in total. The molecule has 1 atom stereocenters.